The fraction of sp³-hybridized carbons (Fsp3) is 0.393. The highest BCUT2D eigenvalue weighted by Gasteiger charge is 2.42. The molecule has 1 N–H and O–H groups in total. The maximum Gasteiger partial charge on any atom is 0.268 e. The Morgan fingerprint density at radius 2 is 1.85 bits per heavy atom. The number of pyridine rings is 1. The number of para-hydroxylation sites is 1. The van der Waals surface area contributed by atoms with Gasteiger partial charge in [-0.3, -0.25) is 9.69 Å². The number of likely N-dealkylation sites (tertiary alicyclic amines) is 1. The Morgan fingerprint density at radius 1 is 1.10 bits per heavy atom. The average molecular weight is 615 g/mol. The van der Waals surface area contributed by atoms with E-state index in [1.54, 1.807) is 29.1 Å². The van der Waals surface area contributed by atoms with E-state index in [9.17, 15) is 4.79 Å². The van der Waals surface area contributed by atoms with Gasteiger partial charge in [-0.15, -0.1) is 0 Å². The van der Waals surface area contributed by atoms with Gasteiger partial charge in [0.15, 0.2) is 20.1 Å². The minimum Gasteiger partial charge on any atom is -0.462 e. The molecule has 1 unspecified atom stereocenters. The van der Waals surface area contributed by atoms with Crippen molar-refractivity contribution in [3.05, 3.63) is 65.2 Å². The van der Waals surface area contributed by atoms with Crippen molar-refractivity contribution < 1.29 is 14.0 Å². The molecule has 4 aromatic rings. The third kappa shape index (κ3) is 6.54. The number of anilines is 1. The summed E-state index contributed by atoms with van der Waals surface area (Å²) in [6.07, 6.45) is 3.69. The standard InChI is InChI=1S/C28H33Cl2N7O3Si/c1-28(2,3)41(4,5)40-19-14-36(15-19)16-23(26(38)35-24-11-10-18(29)12-31-24)39-27-20-13-34-37(25(20)32-17-33-27)22-9-7-6-8-21(22)30/h6-13,17,19,23H,14-16H2,1-5H3,(H,31,35,38). The Kier molecular flexibility index (Phi) is 8.35. The number of nitrogens with one attached hydrogen (secondary N) is 1. The Hall–Kier alpha value is -3.09. The lowest BCUT2D eigenvalue weighted by Gasteiger charge is -2.46. The van der Waals surface area contributed by atoms with Crippen LogP contribution in [0.1, 0.15) is 20.8 Å². The second kappa shape index (κ2) is 11.7. The van der Waals surface area contributed by atoms with Crippen LogP contribution in [-0.4, -0.2) is 75.7 Å². The highest BCUT2D eigenvalue weighted by atomic mass is 35.5. The van der Waals surface area contributed by atoms with E-state index in [1.807, 2.05) is 18.2 Å². The van der Waals surface area contributed by atoms with Gasteiger partial charge >= 0.3 is 0 Å². The number of hydrogen-bond acceptors (Lipinski definition) is 8. The summed E-state index contributed by atoms with van der Waals surface area (Å²) >= 11 is 12.4. The largest absolute Gasteiger partial charge is 0.462 e. The molecule has 0 spiro atoms. The predicted molar refractivity (Wildman–Crippen MR) is 162 cm³/mol. The van der Waals surface area contributed by atoms with Crippen molar-refractivity contribution >= 4 is 54.3 Å². The third-order valence-corrected chi connectivity index (χ3v) is 12.6. The summed E-state index contributed by atoms with van der Waals surface area (Å²) in [7, 11) is -1.90. The van der Waals surface area contributed by atoms with Crippen LogP contribution in [0, 0.1) is 0 Å². The summed E-state index contributed by atoms with van der Waals surface area (Å²) in [5.41, 5.74) is 1.18. The molecule has 0 radical (unpaired) electrons. The minimum absolute atomic E-state index is 0.122. The number of aromatic nitrogens is 5. The number of carbonyl (C=O) groups is 1. The molecule has 1 aliphatic rings. The smallest absolute Gasteiger partial charge is 0.268 e. The molecule has 5 rings (SSSR count). The van der Waals surface area contributed by atoms with E-state index in [0.717, 1.165) is 0 Å². The van der Waals surface area contributed by atoms with E-state index in [2.05, 4.69) is 64.1 Å². The van der Waals surface area contributed by atoms with Crippen LogP contribution in [0.15, 0.2) is 55.1 Å². The van der Waals surface area contributed by atoms with Gasteiger partial charge in [0, 0.05) is 25.8 Å². The fourth-order valence-electron chi connectivity index (χ4n) is 4.26. The molecule has 0 saturated carbocycles. The molecule has 1 aliphatic heterocycles. The van der Waals surface area contributed by atoms with Gasteiger partial charge in [0.2, 0.25) is 5.88 Å². The molecule has 1 aromatic carbocycles. The predicted octanol–water partition coefficient (Wildman–Crippen LogP) is 5.61. The Balaban J connectivity index is 1.36. The quantitative estimate of drug-likeness (QED) is 0.243. The second-order valence-electron chi connectivity index (χ2n) is 11.6. The zero-order chi connectivity index (χ0) is 29.4. The maximum atomic E-state index is 13.5. The summed E-state index contributed by atoms with van der Waals surface area (Å²) in [4.78, 5) is 28.6. The first-order valence-corrected chi connectivity index (χ1v) is 17.0. The maximum absolute atomic E-state index is 13.5. The molecular formula is C28H33Cl2N7O3Si. The SMILES string of the molecule is CC(C)(C)[Si](C)(C)OC1CN(CC(Oc2ncnc3c2cnn3-c2ccccc2Cl)C(=O)Nc2ccc(Cl)cn2)C1. The van der Waals surface area contributed by atoms with Gasteiger partial charge in [0.05, 0.1) is 28.0 Å². The van der Waals surface area contributed by atoms with E-state index >= 15 is 0 Å². The number of nitrogens with zero attached hydrogens (tertiary/aromatic N) is 6. The Labute approximate surface area is 250 Å². The molecule has 4 heterocycles. The number of fused-ring (bicyclic) bond motifs is 1. The molecule has 1 fully saturated rings. The molecule has 3 aromatic heterocycles. The van der Waals surface area contributed by atoms with Gasteiger partial charge < -0.3 is 14.5 Å². The van der Waals surface area contributed by atoms with Crippen molar-refractivity contribution in [2.24, 2.45) is 0 Å². The molecule has 1 atom stereocenters. The van der Waals surface area contributed by atoms with Crippen molar-refractivity contribution in [1.82, 2.24) is 29.6 Å². The number of benzene rings is 1. The zero-order valence-corrected chi connectivity index (χ0v) is 26.1. The summed E-state index contributed by atoms with van der Waals surface area (Å²) in [5.74, 6) is 0.251. The van der Waals surface area contributed by atoms with E-state index in [4.69, 9.17) is 32.4 Å². The summed E-state index contributed by atoms with van der Waals surface area (Å²) in [6.45, 7) is 12.9. The lowest BCUT2D eigenvalue weighted by Crippen LogP contribution is -2.60. The van der Waals surface area contributed by atoms with Crippen molar-refractivity contribution in [2.75, 3.05) is 25.0 Å². The Bertz CT molecular complexity index is 1540. The first-order valence-electron chi connectivity index (χ1n) is 13.3. The van der Waals surface area contributed by atoms with Gasteiger partial charge in [0.1, 0.15) is 17.5 Å². The van der Waals surface area contributed by atoms with Crippen LogP contribution < -0.4 is 10.1 Å². The molecular weight excluding hydrogens is 581 g/mol. The zero-order valence-electron chi connectivity index (χ0n) is 23.6. The van der Waals surface area contributed by atoms with Crippen molar-refractivity contribution in [3.63, 3.8) is 0 Å². The molecule has 1 saturated heterocycles. The average Bonchev–Trinajstić information content (AvgIpc) is 3.32. The van der Waals surface area contributed by atoms with Crippen LogP contribution in [0.3, 0.4) is 0 Å². The van der Waals surface area contributed by atoms with E-state index in [1.165, 1.54) is 12.5 Å². The normalized spacial score (nSPS) is 15.5. The number of amides is 1. The summed E-state index contributed by atoms with van der Waals surface area (Å²) < 4.78 is 14.4. The molecule has 0 aliphatic carbocycles. The molecule has 0 bridgehead atoms. The lowest BCUT2D eigenvalue weighted by atomic mass is 10.1. The van der Waals surface area contributed by atoms with Crippen LogP contribution in [-0.2, 0) is 9.22 Å². The van der Waals surface area contributed by atoms with Gasteiger partial charge in [-0.1, -0.05) is 56.1 Å². The first-order chi connectivity index (χ1) is 19.4. The van der Waals surface area contributed by atoms with Gasteiger partial charge in [-0.2, -0.15) is 5.10 Å². The van der Waals surface area contributed by atoms with Crippen LogP contribution in [0.5, 0.6) is 5.88 Å². The monoisotopic (exact) mass is 613 g/mol. The molecule has 13 heteroatoms. The van der Waals surface area contributed by atoms with Gasteiger partial charge in [0.25, 0.3) is 5.91 Å². The molecule has 216 valence electrons. The van der Waals surface area contributed by atoms with Crippen molar-refractivity contribution in [2.45, 2.75) is 51.1 Å². The molecule has 41 heavy (non-hydrogen) atoms. The van der Waals surface area contributed by atoms with E-state index < -0.39 is 14.4 Å². The van der Waals surface area contributed by atoms with Crippen LogP contribution in [0.25, 0.3) is 16.7 Å². The fourth-order valence-corrected chi connectivity index (χ4v) is 5.92. The van der Waals surface area contributed by atoms with Crippen molar-refractivity contribution in [1.29, 1.82) is 0 Å². The van der Waals surface area contributed by atoms with Crippen LogP contribution in [0.2, 0.25) is 28.2 Å². The third-order valence-electron chi connectivity index (χ3n) is 7.55. The number of rotatable bonds is 9. The number of carbonyl (C=O) groups excluding carboxylic acids is 1. The highest BCUT2D eigenvalue weighted by molar-refractivity contribution is 6.74. The van der Waals surface area contributed by atoms with Crippen LogP contribution >= 0.6 is 23.2 Å². The summed E-state index contributed by atoms with van der Waals surface area (Å²) in [5, 5.41) is 8.98. The number of ether oxygens (including phenoxy) is 1. The number of halogens is 2. The molecule has 1 amide bonds. The van der Waals surface area contributed by atoms with E-state index in [-0.39, 0.29) is 22.9 Å². The second-order valence-corrected chi connectivity index (χ2v) is 17.2. The van der Waals surface area contributed by atoms with Gasteiger partial charge in [-0.25, -0.2) is 19.6 Å². The Morgan fingerprint density at radius 3 is 2.54 bits per heavy atom. The lowest BCUT2D eigenvalue weighted by molar-refractivity contribution is -0.125. The first kappa shape index (κ1) is 29.4. The van der Waals surface area contributed by atoms with Gasteiger partial charge in [-0.05, 0) is 42.4 Å². The van der Waals surface area contributed by atoms with E-state index in [0.29, 0.717) is 52.2 Å². The van der Waals surface area contributed by atoms with Crippen LogP contribution in [0.4, 0.5) is 5.82 Å². The topological polar surface area (TPSA) is 107 Å². The molecule has 10 nitrogen and oxygen atoms in total. The number of hydrogen-bond donors (Lipinski definition) is 1. The van der Waals surface area contributed by atoms with Crippen molar-refractivity contribution in [3.8, 4) is 11.6 Å². The minimum atomic E-state index is -1.90. The summed E-state index contributed by atoms with van der Waals surface area (Å²) in [6, 6.07) is 10.6. The highest BCUT2D eigenvalue weighted by Crippen LogP contribution is 2.38.